The first-order valence-corrected chi connectivity index (χ1v) is 5.90. The molecule has 1 heterocycles. The molecule has 0 spiro atoms. The molecule has 0 fully saturated rings. The summed E-state index contributed by atoms with van der Waals surface area (Å²) in [5.74, 6) is 0. The third kappa shape index (κ3) is 2.01. The predicted octanol–water partition coefficient (Wildman–Crippen LogP) is 3.44. The molecule has 0 saturated carbocycles. The lowest BCUT2D eigenvalue weighted by atomic mass is 10.1. The Kier molecular flexibility index (Phi) is 3.36. The molecule has 0 aliphatic heterocycles. The number of fused-ring (bicyclic) bond motifs is 1. The summed E-state index contributed by atoms with van der Waals surface area (Å²) < 4.78 is 1.01. The average molecular weight is 277 g/mol. The molecule has 2 nitrogen and oxygen atoms in total. The molecule has 1 aromatic heterocycles. The van der Waals surface area contributed by atoms with Gasteiger partial charge in [-0.15, -0.1) is 6.58 Å². The fourth-order valence-electron chi connectivity index (χ4n) is 1.69. The average Bonchev–Trinajstić information content (AvgIpc) is 2.31. The first-order valence-electron chi connectivity index (χ1n) is 5.11. The fraction of sp³-hybridized carbons (Fsp3) is 0.154. The van der Waals surface area contributed by atoms with Crippen molar-refractivity contribution in [2.24, 2.45) is 0 Å². The van der Waals surface area contributed by atoms with E-state index in [4.69, 9.17) is 0 Å². The van der Waals surface area contributed by atoms with Gasteiger partial charge in [0.25, 0.3) is 0 Å². The maximum absolute atomic E-state index is 4.64. The monoisotopic (exact) mass is 276 g/mol. The summed E-state index contributed by atoms with van der Waals surface area (Å²) in [5.41, 5.74) is 1.97. The van der Waals surface area contributed by atoms with E-state index in [-0.39, 0.29) is 6.04 Å². The zero-order valence-electron chi connectivity index (χ0n) is 9.07. The first-order chi connectivity index (χ1) is 7.76. The lowest BCUT2D eigenvalue weighted by molar-refractivity contribution is 0.694. The minimum Gasteiger partial charge on any atom is -0.309 e. The van der Waals surface area contributed by atoms with E-state index in [9.17, 15) is 0 Å². The third-order valence-electron chi connectivity index (χ3n) is 2.55. The molecule has 0 saturated heterocycles. The van der Waals surface area contributed by atoms with Crippen LogP contribution in [-0.2, 0) is 0 Å². The number of aromatic nitrogens is 1. The van der Waals surface area contributed by atoms with Crippen molar-refractivity contribution in [3.05, 3.63) is 53.2 Å². The summed E-state index contributed by atoms with van der Waals surface area (Å²) in [6.45, 7) is 3.81. The Bertz CT molecular complexity index is 522. The summed E-state index contributed by atoms with van der Waals surface area (Å²) in [5, 5.41) is 4.30. The Balaban J connectivity index is 2.61. The number of likely N-dealkylation sites (N-methyl/N-ethyl adjacent to an activating group) is 1. The molecular weight excluding hydrogens is 264 g/mol. The van der Waals surface area contributed by atoms with Crippen molar-refractivity contribution in [1.82, 2.24) is 10.3 Å². The molecule has 1 aromatic carbocycles. The molecule has 3 heteroatoms. The van der Waals surface area contributed by atoms with Crippen molar-refractivity contribution >= 4 is 26.8 Å². The maximum atomic E-state index is 4.64. The van der Waals surface area contributed by atoms with Crippen LogP contribution in [0, 0.1) is 0 Å². The van der Waals surface area contributed by atoms with Crippen LogP contribution < -0.4 is 5.32 Å². The van der Waals surface area contributed by atoms with E-state index in [2.05, 4.69) is 44.9 Å². The summed E-state index contributed by atoms with van der Waals surface area (Å²) >= 11 is 3.55. The maximum Gasteiger partial charge on any atom is 0.0761 e. The van der Waals surface area contributed by atoms with E-state index >= 15 is 0 Å². The van der Waals surface area contributed by atoms with Crippen LogP contribution in [0.25, 0.3) is 10.9 Å². The van der Waals surface area contributed by atoms with E-state index in [1.165, 1.54) is 0 Å². The number of hydrogen-bond donors (Lipinski definition) is 1. The van der Waals surface area contributed by atoms with E-state index in [1.807, 2.05) is 31.3 Å². The van der Waals surface area contributed by atoms with Crippen molar-refractivity contribution in [3.8, 4) is 0 Å². The summed E-state index contributed by atoms with van der Waals surface area (Å²) in [6, 6.07) is 10.2. The van der Waals surface area contributed by atoms with Crippen molar-refractivity contribution in [2.45, 2.75) is 6.04 Å². The van der Waals surface area contributed by atoms with Gasteiger partial charge in [0.15, 0.2) is 0 Å². The Hall–Kier alpha value is -1.19. The summed E-state index contributed by atoms with van der Waals surface area (Å²) in [7, 11) is 1.90. The van der Waals surface area contributed by atoms with Gasteiger partial charge < -0.3 is 5.32 Å². The highest BCUT2D eigenvalue weighted by atomic mass is 79.9. The third-order valence-corrected chi connectivity index (χ3v) is 3.18. The fourth-order valence-corrected chi connectivity index (χ4v) is 2.27. The van der Waals surface area contributed by atoms with Gasteiger partial charge >= 0.3 is 0 Å². The van der Waals surface area contributed by atoms with Crippen LogP contribution in [0.2, 0.25) is 0 Å². The largest absolute Gasteiger partial charge is 0.309 e. The van der Waals surface area contributed by atoms with Crippen molar-refractivity contribution < 1.29 is 0 Å². The van der Waals surface area contributed by atoms with Gasteiger partial charge in [0.2, 0.25) is 0 Å². The number of nitrogens with zero attached hydrogens (tertiary/aromatic N) is 1. The van der Waals surface area contributed by atoms with E-state index in [1.54, 1.807) is 0 Å². The zero-order chi connectivity index (χ0) is 11.5. The van der Waals surface area contributed by atoms with Crippen LogP contribution in [0.1, 0.15) is 11.7 Å². The number of hydrogen-bond acceptors (Lipinski definition) is 2. The number of pyridine rings is 1. The second-order valence-electron chi connectivity index (χ2n) is 3.55. The SMILES string of the molecule is C=CC(NC)c1nc2ccccc2cc1Br. The van der Waals surface area contributed by atoms with Gasteiger partial charge in [-0.1, -0.05) is 24.3 Å². The molecule has 2 aromatic rings. The van der Waals surface area contributed by atoms with E-state index < -0.39 is 0 Å². The Morgan fingerprint density at radius 2 is 2.19 bits per heavy atom. The van der Waals surface area contributed by atoms with Gasteiger partial charge in [-0.05, 0) is 35.1 Å². The standard InChI is InChI=1S/C13H13BrN2/c1-3-11(15-2)13-10(14)8-9-6-4-5-7-12(9)16-13/h3-8,11,15H,1H2,2H3. The number of benzene rings is 1. The van der Waals surface area contributed by atoms with Crippen LogP contribution in [-0.4, -0.2) is 12.0 Å². The zero-order valence-corrected chi connectivity index (χ0v) is 10.7. The Morgan fingerprint density at radius 3 is 2.88 bits per heavy atom. The molecule has 1 atom stereocenters. The Labute approximate surface area is 104 Å². The highest BCUT2D eigenvalue weighted by Gasteiger charge is 2.11. The lowest BCUT2D eigenvalue weighted by Gasteiger charge is -2.13. The lowest BCUT2D eigenvalue weighted by Crippen LogP contribution is -2.15. The molecule has 1 unspecified atom stereocenters. The number of halogens is 1. The summed E-state index contributed by atoms with van der Waals surface area (Å²) in [4.78, 5) is 4.64. The van der Waals surface area contributed by atoms with Gasteiger partial charge in [-0.3, -0.25) is 0 Å². The minimum atomic E-state index is 0.0685. The van der Waals surface area contributed by atoms with Gasteiger partial charge in [0, 0.05) is 9.86 Å². The minimum absolute atomic E-state index is 0.0685. The molecule has 16 heavy (non-hydrogen) atoms. The van der Waals surface area contributed by atoms with Crippen LogP contribution >= 0.6 is 15.9 Å². The molecule has 0 amide bonds. The van der Waals surface area contributed by atoms with Crippen molar-refractivity contribution in [2.75, 3.05) is 7.05 Å². The van der Waals surface area contributed by atoms with Crippen molar-refractivity contribution in [3.63, 3.8) is 0 Å². The molecule has 82 valence electrons. The molecule has 0 bridgehead atoms. The first kappa shape index (κ1) is 11.3. The highest BCUT2D eigenvalue weighted by molar-refractivity contribution is 9.10. The van der Waals surface area contributed by atoms with Gasteiger partial charge in [-0.2, -0.15) is 0 Å². The second-order valence-corrected chi connectivity index (χ2v) is 4.40. The number of para-hydroxylation sites is 1. The normalized spacial score (nSPS) is 12.6. The van der Waals surface area contributed by atoms with Gasteiger partial charge in [0.1, 0.15) is 0 Å². The molecular formula is C13H13BrN2. The highest BCUT2D eigenvalue weighted by Crippen LogP contribution is 2.26. The molecule has 0 radical (unpaired) electrons. The van der Waals surface area contributed by atoms with Crippen LogP contribution in [0.5, 0.6) is 0 Å². The Morgan fingerprint density at radius 1 is 1.44 bits per heavy atom. The van der Waals surface area contributed by atoms with Crippen LogP contribution in [0.3, 0.4) is 0 Å². The van der Waals surface area contributed by atoms with Crippen LogP contribution in [0.15, 0.2) is 47.5 Å². The van der Waals surface area contributed by atoms with Gasteiger partial charge in [-0.25, -0.2) is 4.98 Å². The predicted molar refractivity (Wildman–Crippen MR) is 71.4 cm³/mol. The topological polar surface area (TPSA) is 24.9 Å². The van der Waals surface area contributed by atoms with Crippen LogP contribution in [0.4, 0.5) is 0 Å². The molecule has 0 aliphatic rings. The van der Waals surface area contributed by atoms with E-state index in [0.29, 0.717) is 0 Å². The number of nitrogens with one attached hydrogen (secondary N) is 1. The molecule has 1 N–H and O–H groups in total. The second kappa shape index (κ2) is 4.76. The molecule has 0 aliphatic carbocycles. The van der Waals surface area contributed by atoms with E-state index in [0.717, 1.165) is 21.1 Å². The summed E-state index contributed by atoms with van der Waals surface area (Å²) in [6.07, 6.45) is 1.85. The van der Waals surface area contributed by atoms with Gasteiger partial charge in [0.05, 0.1) is 17.3 Å². The number of rotatable bonds is 3. The quantitative estimate of drug-likeness (QED) is 0.869. The molecule has 2 rings (SSSR count). The van der Waals surface area contributed by atoms with Crippen molar-refractivity contribution in [1.29, 1.82) is 0 Å². The smallest absolute Gasteiger partial charge is 0.0761 e.